The number of unbranched alkanes of at least 4 members (excludes halogenated alkanes) is 1. The summed E-state index contributed by atoms with van der Waals surface area (Å²) in [6, 6.07) is 1.59. The van der Waals surface area contributed by atoms with E-state index in [2.05, 4.69) is 32.2 Å². The maximum atomic E-state index is 14.7. The first kappa shape index (κ1) is 22.9. The maximum Gasteiger partial charge on any atom is 0.223 e. The first-order chi connectivity index (χ1) is 16.0. The molecule has 0 aliphatic carbocycles. The van der Waals surface area contributed by atoms with Crippen LogP contribution in [0.4, 0.5) is 10.2 Å². The Kier molecular flexibility index (Phi) is 7.03. The lowest BCUT2D eigenvalue weighted by Crippen LogP contribution is -2.38. The second-order valence-electron chi connectivity index (χ2n) is 8.08. The Morgan fingerprint density at radius 1 is 1.33 bits per heavy atom. The Bertz CT molecular complexity index is 1210. The van der Waals surface area contributed by atoms with Crippen LogP contribution in [-0.4, -0.2) is 42.8 Å². The number of aromatic amines is 1. The molecule has 1 aliphatic heterocycles. The van der Waals surface area contributed by atoms with E-state index in [0.29, 0.717) is 28.5 Å². The molecule has 0 saturated carbocycles. The summed E-state index contributed by atoms with van der Waals surface area (Å²) in [5.41, 5.74) is 1.34. The van der Waals surface area contributed by atoms with Gasteiger partial charge in [-0.3, -0.25) is 4.79 Å². The molecule has 4 rings (SSSR count). The standard InChI is InChI=1S/C24H26ClFN6O/c1-3-4-7-17(11-18-8-5-6-9-32(18)15(2)33)30-24-21(26)14-29-23(31-24)20-13-28-22-19(20)10-16(25)12-27-22/h5-6,8-10,12-14,17-18H,3-4,7,11H2,1-2H3,(H,27,28)(H,29,30,31)/t17?,18-/m0/s1. The molecule has 3 aromatic rings. The normalized spacial score (nSPS) is 16.4. The topological polar surface area (TPSA) is 86.8 Å². The number of allylic oxidation sites excluding steroid dienone is 2. The van der Waals surface area contributed by atoms with Gasteiger partial charge in [-0.15, -0.1) is 0 Å². The molecule has 0 aromatic carbocycles. The van der Waals surface area contributed by atoms with Crippen molar-refractivity contribution in [1.82, 2.24) is 24.8 Å². The number of amides is 1. The molecule has 0 saturated heterocycles. The molecule has 1 unspecified atom stereocenters. The molecule has 0 radical (unpaired) electrons. The van der Waals surface area contributed by atoms with Gasteiger partial charge < -0.3 is 15.2 Å². The van der Waals surface area contributed by atoms with Gasteiger partial charge in [0.1, 0.15) is 5.65 Å². The van der Waals surface area contributed by atoms with Crippen molar-refractivity contribution >= 4 is 34.4 Å². The summed E-state index contributed by atoms with van der Waals surface area (Å²) in [5.74, 6) is -0.0554. The van der Waals surface area contributed by atoms with Crippen LogP contribution in [-0.2, 0) is 4.79 Å². The maximum absolute atomic E-state index is 14.7. The molecular weight excluding hydrogens is 443 g/mol. The third kappa shape index (κ3) is 5.22. The van der Waals surface area contributed by atoms with Gasteiger partial charge in [0.25, 0.3) is 0 Å². The van der Waals surface area contributed by atoms with Crippen molar-refractivity contribution in [3.63, 3.8) is 0 Å². The van der Waals surface area contributed by atoms with Crippen molar-refractivity contribution in [3.8, 4) is 11.4 Å². The molecule has 0 bridgehead atoms. The van der Waals surface area contributed by atoms with Crippen LogP contribution in [0.3, 0.4) is 0 Å². The van der Waals surface area contributed by atoms with Crippen LogP contribution < -0.4 is 5.32 Å². The summed E-state index contributed by atoms with van der Waals surface area (Å²) >= 11 is 6.11. The number of H-pyrrole nitrogens is 1. The molecule has 33 heavy (non-hydrogen) atoms. The zero-order valence-electron chi connectivity index (χ0n) is 18.6. The van der Waals surface area contributed by atoms with Crippen LogP contribution >= 0.6 is 11.6 Å². The summed E-state index contributed by atoms with van der Waals surface area (Å²) in [7, 11) is 0. The van der Waals surface area contributed by atoms with Gasteiger partial charge in [-0.2, -0.15) is 0 Å². The monoisotopic (exact) mass is 468 g/mol. The quantitative estimate of drug-likeness (QED) is 0.457. The Hall–Kier alpha value is -3.26. The van der Waals surface area contributed by atoms with E-state index in [9.17, 15) is 9.18 Å². The van der Waals surface area contributed by atoms with E-state index in [0.717, 1.165) is 24.6 Å². The Morgan fingerprint density at radius 2 is 2.18 bits per heavy atom. The molecule has 0 spiro atoms. The molecule has 9 heteroatoms. The average molecular weight is 469 g/mol. The highest BCUT2D eigenvalue weighted by Gasteiger charge is 2.24. The average Bonchev–Trinajstić information content (AvgIpc) is 3.22. The van der Waals surface area contributed by atoms with Crippen molar-refractivity contribution in [2.45, 2.75) is 51.6 Å². The van der Waals surface area contributed by atoms with Crippen LogP contribution in [0.5, 0.6) is 0 Å². The van der Waals surface area contributed by atoms with Gasteiger partial charge >= 0.3 is 0 Å². The fraction of sp³-hybridized carbons (Fsp3) is 0.333. The number of pyridine rings is 1. The number of rotatable bonds is 8. The van der Waals surface area contributed by atoms with E-state index in [1.165, 1.54) is 6.20 Å². The van der Waals surface area contributed by atoms with Gasteiger partial charge in [-0.25, -0.2) is 19.3 Å². The third-order valence-corrected chi connectivity index (χ3v) is 5.87. The highest BCUT2D eigenvalue weighted by atomic mass is 35.5. The number of hydrogen-bond donors (Lipinski definition) is 2. The number of carbonyl (C=O) groups is 1. The summed E-state index contributed by atoms with van der Waals surface area (Å²) in [4.78, 5) is 29.8. The van der Waals surface area contributed by atoms with Crippen molar-refractivity contribution in [1.29, 1.82) is 0 Å². The smallest absolute Gasteiger partial charge is 0.223 e. The third-order valence-electron chi connectivity index (χ3n) is 5.67. The second kappa shape index (κ2) is 10.1. The van der Waals surface area contributed by atoms with Crippen molar-refractivity contribution in [2.75, 3.05) is 5.32 Å². The highest BCUT2D eigenvalue weighted by molar-refractivity contribution is 6.31. The molecule has 3 aromatic heterocycles. The van der Waals surface area contributed by atoms with Gasteiger partial charge in [-0.1, -0.05) is 43.5 Å². The fourth-order valence-corrected chi connectivity index (χ4v) is 4.17. The number of halogens is 2. The Labute approximate surface area is 196 Å². The Balaban J connectivity index is 1.61. The van der Waals surface area contributed by atoms with E-state index >= 15 is 0 Å². The molecule has 2 N–H and O–H groups in total. The van der Waals surface area contributed by atoms with Gasteiger partial charge in [0, 0.05) is 42.5 Å². The number of nitrogens with one attached hydrogen (secondary N) is 2. The van der Waals surface area contributed by atoms with Crippen LogP contribution in [0.15, 0.2) is 49.1 Å². The Morgan fingerprint density at radius 3 is 2.97 bits per heavy atom. The first-order valence-corrected chi connectivity index (χ1v) is 11.4. The summed E-state index contributed by atoms with van der Waals surface area (Å²) in [5, 5.41) is 4.53. The van der Waals surface area contributed by atoms with Crippen molar-refractivity contribution in [2.24, 2.45) is 0 Å². The first-order valence-electron chi connectivity index (χ1n) is 11.0. The van der Waals surface area contributed by atoms with E-state index in [1.54, 1.807) is 36.5 Å². The van der Waals surface area contributed by atoms with Gasteiger partial charge in [0.05, 0.1) is 17.3 Å². The largest absolute Gasteiger partial charge is 0.365 e. The predicted octanol–water partition coefficient (Wildman–Crippen LogP) is 5.47. The molecule has 4 heterocycles. The zero-order chi connectivity index (χ0) is 23.4. The van der Waals surface area contributed by atoms with E-state index in [4.69, 9.17) is 11.6 Å². The minimum Gasteiger partial charge on any atom is -0.365 e. The summed E-state index contributed by atoms with van der Waals surface area (Å²) in [6.45, 7) is 3.66. The fourth-order valence-electron chi connectivity index (χ4n) is 4.01. The lowest BCUT2D eigenvalue weighted by Gasteiger charge is -2.31. The van der Waals surface area contributed by atoms with Crippen LogP contribution in [0.25, 0.3) is 22.4 Å². The number of anilines is 1. The second-order valence-corrected chi connectivity index (χ2v) is 8.52. The number of nitrogens with zero attached hydrogens (tertiary/aromatic N) is 4. The molecule has 1 aliphatic rings. The molecule has 7 nitrogen and oxygen atoms in total. The van der Waals surface area contributed by atoms with Crippen molar-refractivity contribution in [3.05, 3.63) is 59.9 Å². The lowest BCUT2D eigenvalue weighted by atomic mass is 9.99. The van der Waals surface area contributed by atoms with Gasteiger partial charge in [-0.05, 0) is 25.0 Å². The molecule has 2 atom stereocenters. The zero-order valence-corrected chi connectivity index (χ0v) is 19.3. The molecule has 0 fully saturated rings. The van der Waals surface area contributed by atoms with E-state index in [1.807, 2.05) is 18.2 Å². The summed E-state index contributed by atoms with van der Waals surface area (Å²) in [6.07, 6.45) is 15.4. The predicted molar refractivity (Wildman–Crippen MR) is 128 cm³/mol. The highest BCUT2D eigenvalue weighted by Crippen LogP contribution is 2.29. The van der Waals surface area contributed by atoms with E-state index < -0.39 is 5.82 Å². The van der Waals surface area contributed by atoms with Crippen molar-refractivity contribution < 1.29 is 9.18 Å². The number of fused-ring (bicyclic) bond motifs is 1. The number of carbonyl (C=O) groups excluding carboxylic acids is 1. The minimum atomic E-state index is -0.529. The minimum absolute atomic E-state index is 0.0306. The number of hydrogen-bond acceptors (Lipinski definition) is 5. The molecule has 172 valence electrons. The SMILES string of the molecule is CCCCC(C[C@@H]1C=CC=CN1C(C)=O)Nc1nc(-c2c[nH]c3ncc(Cl)cc23)ncc1F. The van der Waals surface area contributed by atoms with Gasteiger partial charge in [0.15, 0.2) is 17.5 Å². The van der Waals surface area contributed by atoms with Crippen LogP contribution in [0, 0.1) is 5.82 Å². The van der Waals surface area contributed by atoms with Crippen LogP contribution in [0.2, 0.25) is 5.02 Å². The lowest BCUT2D eigenvalue weighted by molar-refractivity contribution is -0.127. The van der Waals surface area contributed by atoms with E-state index in [-0.39, 0.29) is 23.8 Å². The van der Waals surface area contributed by atoms with Crippen LogP contribution in [0.1, 0.15) is 39.5 Å². The molecular formula is C24H26ClFN6O. The molecule has 1 amide bonds. The summed E-state index contributed by atoms with van der Waals surface area (Å²) < 4.78 is 14.7. The van der Waals surface area contributed by atoms with Gasteiger partial charge in [0.2, 0.25) is 5.91 Å². The number of aromatic nitrogens is 4.